The van der Waals surface area contributed by atoms with E-state index < -0.39 is 0 Å². The van der Waals surface area contributed by atoms with Gasteiger partial charge < -0.3 is 10.1 Å². The standard InChI is InChI=1S/C13H17NO2/c1-9-4-3-5-12(10(9)2)16-13-6-7-14-8-11(13)15/h3-5,13-14H,6-8H2,1-2H3. The highest BCUT2D eigenvalue weighted by atomic mass is 16.5. The van der Waals surface area contributed by atoms with E-state index in [4.69, 9.17) is 4.74 Å². The highest BCUT2D eigenvalue weighted by Gasteiger charge is 2.24. The highest BCUT2D eigenvalue weighted by Crippen LogP contribution is 2.22. The number of hydrogen-bond donors (Lipinski definition) is 1. The summed E-state index contributed by atoms with van der Waals surface area (Å²) in [6.07, 6.45) is 0.480. The molecule has 1 aromatic rings. The fourth-order valence-corrected chi connectivity index (χ4v) is 1.85. The maximum absolute atomic E-state index is 11.6. The fraction of sp³-hybridized carbons (Fsp3) is 0.462. The van der Waals surface area contributed by atoms with Gasteiger partial charge in [-0.3, -0.25) is 4.79 Å². The minimum absolute atomic E-state index is 0.146. The minimum atomic E-state index is -0.276. The average molecular weight is 219 g/mol. The summed E-state index contributed by atoms with van der Waals surface area (Å²) in [6, 6.07) is 5.94. The van der Waals surface area contributed by atoms with E-state index in [9.17, 15) is 4.79 Å². The first-order valence-corrected chi connectivity index (χ1v) is 5.65. The summed E-state index contributed by atoms with van der Waals surface area (Å²) in [5.74, 6) is 0.979. The van der Waals surface area contributed by atoms with E-state index in [-0.39, 0.29) is 11.9 Å². The van der Waals surface area contributed by atoms with Crippen molar-refractivity contribution in [3.05, 3.63) is 29.3 Å². The lowest BCUT2D eigenvalue weighted by atomic mass is 10.1. The molecule has 0 bridgehead atoms. The van der Waals surface area contributed by atoms with Crippen molar-refractivity contribution >= 4 is 5.78 Å². The molecule has 0 aromatic heterocycles. The molecule has 0 spiro atoms. The first kappa shape index (κ1) is 11.1. The molecular formula is C13H17NO2. The predicted molar refractivity (Wildman–Crippen MR) is 62.8 cm³/mol. The molecular weight excluding hydrogens is 202 g/mol. The molecule has 16 heavy (non-hydrogen) atoms. The smallest absolute Gasteiger partial charge is 0.187 e. The Morgan fingerprint density at radius 1 is 1.38 bits per heavy atom. The van der Waals surface area contributed by atoms with Crippen LogP contribution in [0, 0.1) is 13.8 Å². The molecule has 1 heterocycles. The van der Waals surface area contributed by atoms with E-state index in [2.05, 4.69) is 5.32 Å². The molecule has 3 heteroatoms. The van der Waals surface area contributed by atoms with Crippen LogP contribution in [-0.4, -0.2) is 25.0 Å². The largest absolute Gasteiger partial charge is 0.482 e. The Balaban J connectivity index is 2.14. The number of ketones is 1. The van der Waals surface area contributed by atoms with E-state index >= 15 is 0 Å². The van der Waals surface area contributed by atoms with Crippen LogP contribution in [0.5, 0.6) is 5.75 Å². The summed E-state index contributed by atoms with van der Waals surface area (Å²) in [5, 5.41) is 3.05. The van der Waals surface area contributed by atoms with Crippen molar-refractivity contribution in [2.24, 2.45) is 0 Å². The number of aryl methyl sites for hydroxylation is 1. The zero-order valence-electron chi connectivity index (χ0n) is 9.75. The van der Waals surface area contributed by atoms with Gasteiger partial charge in [0.1, 0.15) is 5.75 Å². The van der Waals surface area contributed by atoms with Crippen LogP contribution in [0.1, 0.15) is 17.5 Å². The van der Waals surface area contributed by atoms with Gasteiger partial charge in [-0.15, -0.1) is 0 Å². The molecule has 1 saturated heterocycles. The first-order chi connectivity index (χ1) is 7.68. The average Bonchev–Trinajstić information content (AvgIpc) is 2.28. The zero-order chi connectivity index (χ0) is 11.5. The van der Waals surface area contributed by atoms with Gasteiger partial charge in [-0.1, -0.05) is 12.1 Å². The summed E-state index contributed by atoms with van der Waals surface area (Å²) in [5.41, 5.74) is 2.31. The van der Waals surface area contributed by atoms with Gasteiger partial charge in [0.25, 0.3) is 0 Å². The molecule has 0 saturated carbocycles. The molecule has 0 aliphatic carbocycles. The van der Waals surface area contributed by atoms with Crippen molar-refractivity contribution in [1.82, 2.24) is 5.32 Å². The molecule has 1 aliphatic rings. The van der Waals surface area contributed by atoms with Gasteiger partial charge in [0.15, 0.2) is 11.9 Å². The molecule has 1 aliphatic heterocycles. The van der Waals surface area contributed by atoms with Crippen LogP contribution in [0.2, 0.25) is 0 Å². The number of benzene rings is 1. The summed E-state index contributed by atoms with van der Waals surface area (Å²) in [4.78, 5) is 11.6. The van der Waals surface area contributed by atoms with Crippen molar-refractivity contribution in [3.63, 3.8) is 0 Å². The summed E-state index contributed by atoms with van der Waals surface area (Å²) in [7, 11) is 0. The molecule has 1 fully saturated rings. The third-order valence-electron chi connectivity index (χ3n) is 3.07. The summed E-state index contributed by atoms with van der Waals surface area (Å²) in [6.45, 7) is 5.35. The van der Waals surface area contributed by atoms with Gasteiger partial charge >= 0.3 is 0 Å². The number of piperidine rings is 1. The Labute approximate surface area is 95.8 Å². The van der Waals surface area contributed by atoms with E-state index in [0.717, 1.165) is 24.3 Å². The zero-order valence-corrected chi connectivity index (χ0v) is 9.75. The Kier molecular flexibility index (Phi) is 3.25. The fourth-order valence-electron chi connectivity index (χ4n) is 1.85. The highest BCUT2D eigenvalue weighted by molar-refractivity contribution is 5.86. The molecule has 0 amide bonds. The Hall–Kier alpha value is -1.35. The molecule has 2 rings (SSSR count). The molecule has 3 nitrogen and oxygen atoms in total. The molecule has 0 radical (unpaired) electrons. The summed E-state index contributed by atoms with van der Waals surface area (Å²) < 4.78 is 5.79. The number of ether oxygens (including phenoxy) is 1. The lowest BCUT2D eigenvalue weighted by molar-refractivity contribution is -0.126. The third-order valence-corrected chi connectivity index (χ3v) is 3.07. The van der Waals surface area contributed by atoms with E-state index in [1.807, 2.05) is 32.0 Å². The lowest BCUT2D eigenvalue weighted by Crippen LogP contribution is -2.43. The van der Waals surface area contributed by atoms with Crippen molar-refractivity contribution in [2.45, 2.75) is 26.4 Å². The number of carbonyl (C=O) groups excluding carboxylic acids is 1. The van der Waals surface area contributed by atoms with Crippen molar-refractivity contribution in [1.29, 1.82) is 0 Å². The van der Waals surface area contributed by atoms with Crippen molar-refractivity contribution in [3.8, 4) is 5.75 Å². The van der Waals surface area contributed by atoms with Gasteiger partial charge in [0, 0.05) is 6.42 Å². The maximum atomic E-state index is 11.6. The van der Waals surface area contributed by atoms with Gasteiger partial charge in [0.2, 0.25) is 0 Å². The van der Waals surface area contributed by atoms with E-state index in [0.29, 0.717) is 6.54 Å². The predicted octanol–water partition coefficient (Wildman–Crippen LogP) is 1.61. The Morgan fingerprint density at radius 3 is 2.94 bits per heavy atom. The van der Waals surface area contributed by atoms with Crippen LogP contribution < -0.4 is 10.1 Å². The molecule has 1 unspecified atom stereocenters. The number of hydrogen-bond acceptors (Lipinski definition) is 3. The van der Waals surface area contributed by atoms with Crippen LogP contribution in [0.4, 0.5) is 0 Å². The van der Waals surface area contributed by atoms with Crippen LogP contribution in [0.25, 0.3) is 0 Å². The number of rotatable bonds is 2. The second-order valence-corrected chi connectivity index (χ2v) is 4.24. The second-order valence-electron chi connectivity index (χ2n) is 4.24. The maximum Gasteiger partial charge on any atom is 0.187 e. The Bertz CT molecular complexity index is 401. The van der Waals surface area contributed by atoms with E-state index in [1.54, 1.807) is 0 Å². The SMILES string of the molecule is Cc1cccc(OC2CCNCC2=O)c1C. The third kappa shape index (κ3) is 2.25. The van der Waals surface area contributed by atoms with Crippen LogP contribution in [0.3, 0.4) is 0 Å². The van der Waals surface area contributed by atoms with Crippen LogP contribution in [0.15, 0.2) is 18.2 Å². The normalized spacial score (nSPS) is 20.9. The quantitative estimate of drug-likeness (QED) is 0.821. The van der Waals surface area contributed by atoms with Crippen LogP contribution in [-0.2, 0) is 4.79 Å². The van der Waals surface area contributed by atoms with Crippen LogP contribution >= 0.6 is 0 Å². The number of carbonyl (C=O) groups is 1. The summed E-state index contributed by atoms with van der Waals surface area (Å²) >= 11 is 0. The monoisotopic (exact) mass is 219 g/mol. The van der Waals surface area contributed by atoms with Crippen molar-refractivity contribution < 1.29 is 9.53 Å². The topological polar surface area (TPSA) is 38.3 Å². The van der Waals surface area contributed by atoms with Gasteiger partial charge in [-0.25, -0.2) is 0 Å². The molecule has 1 N–H and O–H groups in total. The molecule has 1 atom stereocenters. The van der Waals surface area contributed by atoms with E-state index in [1.165, 1.54) is 5.56 Å². The second kappa shape index (κ2) is 4.66. The number of nitrogens with one attached hydrogen (secondary N) is 1. The van der Waals surface area contributed by atoms with Gasteiger partial charge in [-0.05, 0) is 37.6 Å². The Morgan fingerprint density at radius 2 is 2.19 bits per heavy atom. The van der Waals surface area contributed by atoms with Gasteiger partial charge in [0.05, 0.1) is 6.54 Å². The molecule has 86 valence electrons. The van der Waals surface area contributed by atoms with Gasteiger partial charge in [-0.2, -0.15) is 0 Å². The van der Waals surface area contributed by atoms with Crippen molar-refractivity contribution in [2.75, 3.05) is 13.1 Å². The first-order valence-electron chi connectivity index (χ1n) is 5.65. The lowest BCUT2D eigenvalue weighted by Gasteiger charge is -2.23. The number of Topliss-reactive ketones (excluding diaryl/α,β-unsaturated/α-hetero) is 1. The molecule has 1 aromatic carbocycles. The minimum Gasteiger partial charge on any atom is -0.482 e.